The molecule has 0 amide bonds. The van der Waals surface area contributed by atoms with Crippen LogP contribution in [0, 0.1) is 0 Å². The average Bonchev–Trinajstić information content (AvgIpc) is 3.14. The van der Waals surface area contributed by atoms with Crippen molar-refractivity contribution in [2.45, 2.75) is 30.2 Å². The third-order valence-electron chi connectivity index (χ3n) is 2.77. The fraction of sp³-hybridized carbons (Fsp3) is 0.455. The smallest absolute Gasteiger partial charge is 0.244 e. The summed E-state index contributed by atoms with van der Waals surface area (Å²) in [6, 6.07) is 3.26. The van der Waals surface area contributed by atoms with Gasteiger partial charge in [-0.3, -0.25) is 4.98 Å². The number of aromatic nitrogens is 1. The summed E-state index contributed by atoms with van der Waals surface area (Å²) < 4.78 is 26.3. The fourth-order valence-electron chi connectivity index (χ4n) is 1.72. The molecule has 0 bridgehead atoms. The first kappa shape index (κ1) is 13.4. The van der Waals surface area contributed by atoms with E-state index in [1.54, 1.807) is 18.3 Å². The number of hydrogen-bond acceptors (Lipinski definition) is 4. The van der Waals surface area contributed by atoms with Crippen molar-refractivity contribution in [2.24, 2.45) is 5.73 Å². The molecule has 1 fully saturated rings. The molecule has 1 aromatic rings. The van der Waals surface area contributed by atoms with Crippen LogP contribution in [0.4, 0.5) is 0 Å². The molecule has 1 saturated carbocycles. The summed E-state index contributed by atoms with van der Waals surface area (Å²) in [5, 5.41) is 0. The van der Waals surface area contributed by atoms with Gasteiger partial charge in [-0.05, 0) is 25.0 Å². The highest BCUT2D eigenvalue weighted by Crippen LogP contribution is 2.31. The van der Waals surface area contributed by atoms with Crippen molar-refractivity contribution in [3.05, 3.63) is 24.5 Å². The second kappa shape index (κ2) is 5.29. The summed E-state index contributed by atoms with van der Waals surface area (Å²) in [5.74, 6) is 0. The van der Waals surface area contributed by atoms with E-state index in [1.807, 2.05) is 0 Å². The molecule has 1 aromatic heterocycles. The minimum Gasteiger partial charge on any atom is -0.393 e. The van der Waals surface area contributed by atoms with Crippen LogP contribution in [0.5, 0.6) is 0 Å². The first-order valence-electron chi connectivity index (χ1n) is 5.72. The summed E-state index contributed by atoms with van der Waals surface area (Å²) in [6.45, 7) is 0.344. The van der Waals surface area contributed by atoms with Crippen LogP contribution in [0.3, 0.4) is 0 Å². The van der Waals surface area contributed by atoms with Crippen molar-refractivity contribution < 1.29 is 8.42 Å². The zero-order valence-corrected chi connectivity index (χ0v) is 11.5. The van der Waals surface area contributed by atoms with Crippen LogP contribution in [-0.4, -0.2) is 35.3 Å². The monoisotopic (exact) mass is 285 g/mol. The van der Waals surface area contributed by atoms with E-state index in [0.29, 0.717) is 18.0 Å². The number of rotatable bonds is 6. The van der Waals surface area contributed by atoms with Gasteiger partial charge in [0.25, 0.3) is 0 Å². The number of nitrogens with two attached hydrogens (primary N) is 1. The zero-order valence-electron chi connectivity index (χ0n) is 9.82. The lowest BCUT2D eigenvalue weighted by atomic mass is 10.4. The van der Waals surface area contributed by atoms with E-state index >= 15 is 0 Å². The Morgan fingerprint density at radius 2 is 2.28 bits per heavy atom. The number of hydrogen-bond donors (Lipinski definition) is 1. The number of nitrogens with zero attached hydrogens (tertiary/aromatic N) is 2. The molecule has 0 radical (unpaired) electrons. The molecule has 98 valence electrons. The van der Waals surface area contributed by atoms with Gasteiger partial charge in [0.2, 0.25) is 10.0 Å². The first-order chi connectivity index (χ1) is 8.51. The van der Waals surface area contributed by atoms with Gasteiger partial charge in [0.1, 0.15) is 4.90 Å². The lowest BCUT2D eigenvalue weighted by molar-refractivity contribution is 0.413. The lowest BCUT2D eigenvalue weighted by Crippen LogP contribution is -2.35. The highest BCUT2D eigenvalue weighted by atomic mass is 32.2. The molecule has 0 unspecified atom stereocenters. The lowest BCUT2D eigenvalue weighted by Gasteiger charge is -2.21. The van der Waals surface area contributed by atoms with E-state index in [0.717, 1.165) is 12.8 Å². The van der Waals surface area contributed by atoms with E-state index < -0.39 is 10.0 Å². The highest BCUT2D eigenvalue weighted by Gasteiger charge is 2.37. The quantitative estimate of drug-likeness (QED) is 0.786. The molecular weight excluding hydrogens is 270 g/mol. The Hall–Kier alpha value is -1.05. The average molecular weight is 285 g/mol. The predicted octanol–water partition coefficient (Wildman–Crippen LogP) is 0.911. The van der Waals surface area contributed by atoms with Gasteiger partial charge >= 0.3 is 0 Å². The van der Waals surface area contributed by atoms with Gasteiger partial charge < -0.3 is 5.73 Å². The number of pyridine rings is 1. The normalized spacial score (nSPS) is 15.8. The van der Waals surface area contributed by atoms with Crippen LogP contribution in [0.1, 0.15) is 19.3 Å². The maximum absolute atomic E-state index is 12.4. The van der Waals surface area contributed by atoms with Crippen LogP contribution in [0.15, 0.2) is 29.4 Å². The Balaban J connectivity index is 2.22. The summed E-state index contributed by atoms with van der Waals surface area (Å²) in [6.07, 6.45) is 5.12. The molecule has 2 rings (SSSR count). The minimum atomic E-state index is -3.48. The Morgan fingerprint density at radius 3 is 2.78 bits per heavy atom. The Morgan fingerprint density at radius 1 is 1.56 bits per heavy atom. The standard InChI is InChI=1S/C11H15N3O2S2/c12-11(17)5-7-14(9-3-4-9)18(15,16)10-2-1-6-13-8-10/h1-2,6,8-9H,3-5,7H2,(H2,12,17). The molecule has 5 nitrogen and oxygen atoms in total. The van der Waals surface area contributed by atoms with E-state index in [9.17, 15) is 8.42 Å². The molecular formula is C11H15N3O2S2. The van der Waals surface area contributed by atoms with Crippen molar-refractivity contribution in [3.8, 4) is 0 Å². The maximum Gasteiger partial charge on any atom is 0.244 e. The Kier molecular flexibility index (Phi) is 3.94. The molecule has 1 heterocycles. The van der Waals surface area contributed by atoms with Gasteiger partial charge in [0, 0.05) is 31.4 Å². The van der Waals surface area contributed by atoms with Gasteiger partial charge in [-0.25, -0.2) is 8.42 Å². The summed E-state index contributed by atoms with van der Waals surface area (Å²) in [5.41, 5.74) is 5.44. The van der Waals surface area contributed by atoms with E-state index in [4.69, 9.17) is 18.0 Å². The molecule has 0 aliphatic heterocycles. The first-order valence-corrected chi connectivity index (χ1v) is 7.57. The molecule has 7 heteroatoms. The predicted molar refractivity (Wildman–Crippen MR) is 72.6 cm³/mol. The Bertz CT molecular complexity index is 526. The topological polar surface area (TPSA) is 76.3 Å². The van der Waals surface area contributed by atoms with Crippen LogP contribution >= 0.6 is 12.2 Å². The third kappa shape index (κ3) is 3.04. The molecule has 0 atom stereocenters. The SMILES string of the molecule is NC(=S)CCN(C1CC1)S(=O)(=O)c1cccnc1. The minimum absolute atomic E-state index is 0.0876. The molecule has 1 aliphatic rings. The molecule has 18 heavy (non-hydrogen) atoms. The zero-order chi connectivity index (χ0) is 13.2. The van der Waals surface area contributed by atoms with E-state index in [2.05, 4.69) is 4.98 Å². The summed E-state index contributed by atoms with van der Waals surface area (Å²) in [7, 11) is -3.48. The van der Waals surface area contributed by atoms with Gasteiger partial charge in [0.05, 0.1) is 4.99 Å². The van der Waals surface area contributed by atoms with Crippen LogP contribution in [0.2, 0.25) is 0 Å². The second-order valence-corrected chi connectivity index (χ2v) is 6.67. The van der Waals surface area contributed by atoms with Gasteiger partial charge in [-0.2, -0.15) is 4.31 Å². The van der Waals surface area contributed by atoms with Crippen molar-refractivity contribution in [1.82, 2.24) is 9.29 Å². The summed E-state index contributed by atoms with van der Waals surface area (Å²) >= 11 is 4.80. The Labute approximate surface area is 112 Å². The van der Waals surface area contributed by atoms with Crippen molar-refractivity contribution in [3.63, 3.8) is 0 Å². The number of sulfonamides is 1. The van der Waals surface area contributed by atoms with Crippen LogP contribution < -0.4 is 5.73 Å². The van der Waals surface area contributed by atoms with Gasteiger partial charge in [-0.15, -0.1) is 0 Å². The molecule has 0 aromatic carbocycles. The number of thiocarbonyl (C=S) groups is 1. The molecule has 2 N–H and O–H groups in total. The van der Waals surface area contributed by atoms with Gasteiger partial charge in [-0.1, -0.05) is 12.2 Å². The molecule has 1 aliphatic carbocycles. The van der Waals surface area contributed by atoms with E-state index in [-0.39, 0.29) is 10.9 Å². The van der Waals surface area contributed by atoms with Crippen molar-refractivity contribution in [1.29, 1.82) is 0 Å². The van der Waals surface area contributed by atoms with E-state index in [1.165, 1.54) is 10.5 Å². The second-order valence-electron chi connectivity index (χ2n) is 4.25. The third-order valence-corrected chi connectivity index (χ3v) is 4.91. The van der Waals surface area contributed by atoms with Crippen LogP contribution in [0.25, 0.3) is 0 Å². The van der Waals surface area contributed by atoms with Crippen LogP contribution in [-0.2, 0) is 10.0 Å². The van der Waals surface area contributed by atoms with Crippen molar-refractivity contribution in [2.75, 3.05) is 6.54 Å². The maximum atomic E-state index is 12.4. The van der Waals surface area contributed by atoms with Crippen molar-refractivity contribution >= 4 is 27.2 Å². The van der Waals surface area contributed by atoms with Gasteiger partial charge in [0.15, 0.2) is 0 Å². The molecule has 0 spiro atoms. The largest absolute Gasteiger partial charge is 0.393 e. The fourth-order valence-corrected chi connectivity index (χ4v) is 3.46. The highest BCUT2D eigenvalue weighted by molar-refractivity contribution is 7.89. The summed E-state index contributed by atoms with van der Waals surface area (Å²) in [4.78, 5) is 4.41. The molecule has 0 saturated heterocycles.